The molecule has 8 nitrogen and oxygen atoms in total. The van der Waals surface area contributed by atoms with Gasteiger partial charge in [-0.15, -0.1) is 0 Å². The van der Waals surface area contributed by atoms with Crippen LogP contribution in [0.2, 0.25) is 0 Å². The highest BCUT2D eigenvalue weighted by Crippen LogP contribution is 2.32. The predicted octanol–water partition coefficient (Wildman–Crippen LogP) is 1.98. The first-order valence-electron chi connectivity index (χ1n) is 11.7. The zero-order valence-electron chi connectivity index (χ0n) is 18.8. The van der Waals surface area contributed by atoms with Crippen molar-refractivity contribution < 1.29 is 23.9 Å². The van der Waals surface area contributed by atoms with Gasteiger partial charge in [-0.2, -0.15) is 0 Å². The van der Waals surface area contributed by atoms with Gasteiger partial charge in [0.15, 0.2) is 6.61 Å². The molecule has 32 heavy (non-hydrogen) atoms. The van der Waals surface area contributed by atoms with Gasteiger partial charge in [0.25, 0.3) is 11.8 Å². The number of benzene rings is 1. The monoisotopic (exact) mass is 443 g/mol. The minimum atomic E-state index is -0.223. The van der Waals surface area contributed by atoms with E-state index in [4.69, 9.17) is 9.47 Å². The smallest absolute Gasteiger partial charge is 0.261 e. The van der Waals surface area contributed by atoms with Crippen LogP contribution in [0.1, 0.15) is 55.8 Å². The summed E-state index contributed by atoms with van der Waals surface area (Å²) in [5.41, 5.74) is 0.422. The summed E-state index contributed by atoms with van der Waals surface area (Å²) < 4.78 is 11.4. The fourth-order valence-corrected chi connectivity index (χ4v) is 4.62. The number of amides is 3. The average Bonchev–Trinajstić information content (AvgIpc) is 3.49. The molecule has 2 aliphatic heterocycles. The Hall–Kier alpha value is -2.61. The number of para-hydroxylation sites is 1. The Morgan fingerprint density at radius 2 is 1.81 bits per heavy atom. The highest BCUT2D eigenvalue weighted by molar-refractivity contribution is 5.97. The second kappa shape index (κ2) is 10.3. The van der Waals surface area contributed by atoms with Gasteiger partial charge in [0, 0.05) is 45.2 Å². The Morgan fingerprint density at radius 1 is 1.09 bits per heavy atom. The van der Waals surface area contributed by atoms with Crippen molar-refractivity contribution in [3.8, 4) is 5.75 Å². The number of nitrogens with zero attached hydrogens (tertiary/aromatic N) is 2. The summed E-state index contributed by atoms with van der Waals surface area (Å²) in [7, 11) is 0. The van der Waals surface area contributed by atoms with Crippen LogP contribution in [0.4, 0.5) is 0 Å². The third kappa shape index (κ3) is 5.59. The zero-order chi connectivity index (χ0) is 22.5. The number of ether oxygens (including phenoxy) is 2. The molecular formula is C24H33N3O5. The van der Waals surface area contributed by atoms with Gasteiger partial charge in [-0.1, -0.05) is 12.1 Å². The van der Waals surface area contributed by atoms with Crippen molar-refractivity contribution in [3.05, 3.63) is 29.8 Å². The molecule has 1 atom stereocenters. The maximum atomic E-state index is 13.1. The van der Waals surface area contributed by atoms with Crippen LogP contribution < -0.4 is 10.1 Å². The Kier molecular flexibility index (Phi) is 7.29. The standard InChI is InChI=1S/C24H33N3O5/c1-17(28)26-12-10-19(11-13-26)27(18-8-9-18)23(29)16-32-22-7-3-2-6-21(22)24(30)25-15-20-5-4-14-31-20/h2-3,6-7,18-20H,4-5,8-16H2,1H3,(H,25,30)/t20-/m1/s1. The Morgan fingerprint density at radius 3 is 2.47 bits per heavy atom. The van der Waals surface area contributed by atoms with E-state index >= 15 is 0 Å². The molecule has 4 rings (SSSR count). The first-order chi connectivity index (χ1) is 15.5. The first kappa shape index (κ1) is 22.6. The second-order valence-electron chi connectivity index (χ2n) is 8.90. The summed E-state index contributed by atoms with van der Waals surface area (Å²) in [5, 5.41) is 2.91. The molecule has 3 amide bonds. The van der Waals surface area contributed by atoms with Crippen molar-refractivity contribution >= 4 is 17.7 Å². The van der Waals surface area contributed by atoms with Crippen molar-refractivity contribution in [2.45, 2.75) is 63.6 Å². The summed E-state index contributed by atoms with van der Waals surface area (Å²) in [4.78, 5) is 41.2. The van der Waals surface area contributed by atoms with Gasteiger partial charge in [0.2, 0.25) is 5.91 Å². The van der Waals surface area contributed by atoms with E-state index < -0.39 is 0 Å². The lowest BCUT2D eigenvalue weighted by molar-refractivity contribution is -0.138. The minimum Gasteiger partial charge on any atom is -0.483 e. The van der Waals surface area contributed by atoms with Crippen LogP contribution in [0, 0.1) is 0 Å². The van der Waals surface area contributed by atoms with E-state index in [1.54, 1.807) is 31.2 Å². The van der Waals surface area contributed by atoms with Crippen molar-refractivity contribution in [1.82, 2.24) is 15.1 Å². The second-order valence-corrected chi connectivity index (χ2v) is 8.90. The van der Waals surface area contributed by atoms with Crippen molar-refractivity contribution in [2.24, 2.45) is 0 Å². The molecule has 1 aliphatic carbocycles. The van der Waals surface area contributed by atoms with E-state index in [0.717, 1.165) is 45.1 Å². The SMILES string of the molecule is CC(=O)N1CCC(N(C(=O)COc2ccccc2C(=O)NC[C@H]2CCCO2)C2CC2)CC1. The number of rotatable bonds is 8. The number of carbonyl (C=O) groups excluding carboxylic acids is 3. The van der Waals surface area contributed by atoms with Gasteiger partial charge in [-0.05, 0) is 50.7 Å². The summed E-state index contributed by atoms with van der Waals surface area (Å²) in [6.45, 7) is 4.08. The summed E-state index contributed by atoms with van der Waals surface area (Å²) in [6.07, 6.45) is 5.66. The lowest BCUT2D eigenvalue weighted by atomic mass is 10.0. The fourth-order valence-electron chi connectivity index (χ4n) is 4.62. The Balaban J connectivity index is 1.33. The van der Waals surface area contributed by atoms with Crippen LogP contribution in [-0.2, 0) is 14.3 Å². The summed E-state index contributed by atoms with van der Waals surface area (Å²) in [6, 6.07) is 7.42. The van der Waals surface area contributed by atoms with E-state index in [1.807, 2.05) is 9.80 Å². The van der Waals surface area contributed by atoms with Gasteiger partial charge < -0.3 is 24.6 Å². The van der Waals surface area contributed by atoms with Gasteiger partial charge in [-0.3, -0.25) is 14.4 Å². The molecule has 1 aromatic carbocycles. The third-order valence-electron chi connectivity index (χ3n) is 6.53. The molecule has 0 radical (unpaired) electrons. The van der Waals surface area contributed by atoms with Crippen molar-refractivity contribution in [2.75, 3.05) is 32.8 Å². The van der Waals surface area contributed by atoms with Crippen LogP contribution in [0.3, 0.4) is 0 Å². The molecule has 0 spiro atoms. The molecule has 2 heterocycles. The number of nitrogens with one attached hydrogen (secondary N) is 1. The van der Waals surface area contributed by atoms with E-state index in [9.17, 15) is 14.4 Å². The third-order valence-corrected chi connectivity index (χ3v) is 6.53. The number of carbonyl (C=O) groups is 3. The predicted molar refractivity (Wildman–Crippen MR) is 118 cm³/mol. The number of hydrogen-bond donors (Lipinski definition) is 1. The Bertz CT molecular complexity index is 827. The van der Waals surface area contributed by atoms with E-state index in [0.29, 0.717) is 30.9 Å². The number of piperidine rings is 1. The van der Waals surface area contributed by atoms with Gasteiger partial charge >= 0.3 is 0 Å². The fraction of sp³-hybridized carbons (Fsp3) is 0.625. The van der Waals surface area contributed by atoms with Crippen LogP contribution in [-0.4, -0.2) is 78.6 Å². The highest BCUT2D eigenvalue weighted by Gasteiger charge is 2.39. The number of hydrogen-bond acceptors (Lipinski definition) is 5. The van der Waals surface area contributed by atoms with E-state index in [-0.39, 0.29) is 42.5 Å². The molecule has 2 saturated heterocycles. The summed E-state index contributed by atoms with van der Waals surface area (Å²) in [5.74, 6) is 0.223. The molecule has 1 saturated carbocycles. The largest absolute Gasteiger partial charge is 0.483 e. The molecule has 1 aromatic rings. The molecule has 3 fully saturated rings. The molecular weight excluding hydrogens is 410 g/mol. The van der Waals surface area contributed by atoms with Crippen LogP contribution in [0.25, 0.3) is 0 Å². The molecule has 3 aliphatic rings. The highest BCUT2D eigenvalue weighted by atomic mass is 16.5. The molecule has 8 heteroatoms. The van der Waals surface area contributed by atoms with Gasteiger partial charge in [0.05, 0.1) is 11.7 Å². The average molecular weight is 444 g/mol. The zero-order valence-corrected chi connectivity index (χ0v) is 18.8. The quantitative estimate of drug-likeness (QED) is 0.664. The lowest BCUT2D eigenvalue weighted by Gasteiger charge is -2.38. The van der Waals surface area contributed by atoms with Gasteiger partial charge in [-0.25, -0.2) is 0 Å². The molecule has 1 N–H and O–H groups in total. The lowest BCUT2D eigenvalue weighted by Crippen LogP contribution is -2.50. The summed E-state index contributed by atoms with van der Waals surface area (Å²) >= 11 is 0. The van der Waals surface area contributed by atoms with E-state index in [2.05, 4.69) is 5.32 Å². The normalized spacial score (nSPS) is 21.3. The van der Waals surface area contributed by atoms with Crippen molar-refractivity contribution in [1.29, 1.82) is 0 Å². The van der Waals surface area contributed by atoms with Gasteiger partial charge in [0.1, 0.15) is 5.75 Å². The first-order valence-corrected chi connectivity index (χ1v) is 11.7. The maximum Gasteiger partial charge on any atom is 0.261 e. The minimum absolute atomic E-state index is 0.0525. The van der Waals surface area contributed by atoms with Crippen LogP contribution in [0.15, 0.2) is 24.3 Å². The Labute approximate surface area is 189 Å². The van der Waals surface area contributed by atoms with Crippen LogP contribution >= 0.6 is 0 Å². The van der Waals surface area contributed by atoms with E-state index in [1.165, 1.54) is 0 Å². The molecule has 174 valence electrons. The van der Waals surface area contributed by atoms with Crippen LogP contribution in [0.5, 0.6) is 5.75 Å². The topological polar surface area (TPSA) is 88.2 Å². The molecule has 0 bridgehead atoms. The number of likely N-dealkylation sites (tertiary alicyclic amines) is 1. The molecule has 0 unspecified atom stereocenters. The van der Waals surface area contributed by atoms with Crippen molar-refractivity contribution in [3.63, 3.8) is 0 Å². The molecule has 0 aromatic heterocycles. The maximum absolute atomic E-state index is 13.1.